The third kappa shape index (κ3) is 3.88. The Morgan fingerprint density at radius 2 is 1.00 bits per heavy atom. The first kappa shape index (κ1) is 24.9. The lowest BCUT2D eigenvalue weighted by molar-refractivity contribution is 0.968. The van der Waals surface area contributed by atoms with Crippen molar-refractivity contribution in [2.45, 2.75) is 12.8 Å². The molecule has 8 aromatic rings. The monoisotopic (exact) mass is 562 g/mol. The van der Waals surface area contributed by atoms with Gasteiger partial charge < -0.3 is 9.13 Å². The van der Waals surface area contributed by atoms with Gasteiger partial charge >= 0.3 is 0 Å². The van der Waals surface area contributed by atoms with Crippen LogP contribution in [-0.4, -0.2) is 9.13 Å². The first-order valence-corrected chi connectivity index (χ1v) is 15.4. The Balaban J connectivity index is 1.34. The first-order valence-electron chi connectivity index (χ1n) is 15.4. The molecule has 0 fully saturated rings. The lowest BCUT2D eigenvalue weighted by atomic mass is 9.99. The Morgan fingerprint density at radius 3 is 1.70 bits per heavy atom. The number of aromatic nitrogens is 2. The van der Waals surface area contributed by atoms with E-state index in [1.807, 2.05) is 0 Å². The maximum Gasteiger partial charge on any atom is 0.0562 e. The van der Waals surface area contributed by atoms with E-state index in [1.54, 1.807) is 0 Å². The second kappa shape index (κ2) is 10.00. The topological polar surface area (TPSA) is 9.86 Å². The number of hydrogen-bond acceptors (Lipinski definition) is 0. The van der Waals surface area contributed by atoms with Gasteiger partial charge in [0.05, 0.1) is 16.6 Å². The van der Waals surface area contributed by atoms with Gasteiger partial charge in [-0.15, -0.1) is 0 Å². The summed E-state index contributed by atoms with van der Waals surface area (Å²) in [5, 5.41) is 3.93. The number of hydrogen-bond donors (Lipinski definition) is 0. The van der Waals surface area contributed by atoms with Crippen molar-refractivity contribution in [3.63, 3.8) is 0 Å². The molecule has 2 heteroatoms. The third-order valence-electron chi connectivity index (χ3n) is 9.17. The van der Waals surface area contributed by atoms with Gasteiger partial charge in [-0.1, -0.05) is 109 Å². The van der Waals surface area contributed by atoms with Gasteiger partial charge in [-0.05, 0) is 89.2 Å². The molecular weight excluding hydrogens is 532 g/mol. The van der Waals surface area contributed by atoms with E-state index < -0.39 is 0 Å². The molecule has 2 heterocycles. The number of benzene rings is 6. The van der Waals surface area contributed by atoms with Crippen LogP contribution in [0, 0.1) is 0 Å². The number of fused-ring (bicyclic) bond motifs is 6. The van der Waals surface area contributed by atoms with Crippen molar-refractivity contribution >= 4 is 38.8 Å². The number of para-hydroxylation sites is 1. The summed E-state index contributed by atoms with van der Waals surface area (Å²) >= 11 is 0. The van der Waals surface area contributed by atoms with E-state index in [0.29, 0.717) is 0 Å². The molecular formula is C42H30N2. The van der Waals surface area contributed by atoms with Gasteiger partial charge in [0.1, 0.15) is 0 Å². The molecule has 1 aliphatic carbocycles. The predicted octanol–water partition coefficient (Wildman–Crippen LogP) is 11.0. The Morgan fingerprint density at radius 1 is 0.409 bits per heavy atom. The minimum Gasteiger partial charge on any atom is -0.309 e. The normalized spacial score (nSPS) is 12.7. The molecule has 0 saturated heterocycles. The summed E-state index contributed by atoms with van der Waals surface area (Å²) in [6, 6.07) is 53.0. The summed E-state index contributed by atoms with van der Waals surface area (Å²) in [6.45, 7) is 0. The van der Waals surface area contributed by atoms with E-state index in [4.69, 9.17) is 0 Å². The first-order chi connectivity index (χ1) is 21.8. The summed E-state index contributed by atoms with van der Waals surface area (Å²) in [4.78, 5) is 0. The van der Waals surface area contributed by atoms with E-state index in [0.717, 1.165) is 12.8 Å². The lowest BCUT2D eigenvalue weighted by Crippen LogP contribution is -2.00. The van der Waals surface area contributed by atoms with Crippen LogP contribution in [0.4, 0.5) is 0 Å². The average molecular weight is 563 g/mol. The average Bonchev–Trinajstić information content (AvgIpc) is 3.60. The standard InChI is InChI=1S/C42H30N2/c1-3-13-29(14-4-1)31-17-11-19-33(25-31)43-39-23-9-7-21-35(39)37-27-38-36-22-8-10-24-40(36)44(42(38)28-41(37)43)34-20-12-18-32(26-34)30-15-5-2-6-16-30/h1-7,9-21,23-28H,8,22H2. The fourth-order valence-corrected chi connectivity index (χ4v) is 7.16. The Labute approximate surface area is 256 Å². The SMILES string of the molecule is C1=Cc2c(c3cc4c5ccccc5n(-c5cccc(-c6ccccc6)c5)c4cc3n2-c2cccc(-c3ccccc3)c2)CC1. The molecule has 2 nitrogen and oxygen atoms in total. The van der Waals surface area contributed by atoms with Gasteiger partial charge in [0.2, 0.25) is 0 Å². The van der Waals surface area contributed by atoms with Crippen molar-refractivity contribution in [3.8, 4) is 33.6 Å². The van der Waals surface area contributed by atoms with Gasteiger partial charge in [0.25, 0.3) is 0 Å². The van der Waals surface area contributed by atoms with Gasteiger partial charge in [-0.3, -0.25) is 0 Å². The smallest absolute Gasteiger partial charge is 0.0562 e. The molecule has 0 radical (unpaired) electrons. The van der Waals surface area contributed by atoms with Crippen molar-refractivity contribution in [3.05, 3.63) is 163 Å². The van der Waals surface area contributed by atoms with Gasteiger partial charge in [0, 0.05) is 33.2 Å². The molecule has 0 aliphatic heterocycles. The fourth-order valence-electron chi connectivity index (χ4n) is 7.16. The second-order valence-corrected chi connectivity index (χ2v) is 11.7. The van der Waals surface area contributed by atoms with Gasteiger partial charge in [-0.25, -0.2) is 0 Å². The molecule has 0 N–H and O–H groups in total. The minimum atomic E-state index is 1.05. The van der Waals surface area contributed by atoms with Crippen LogP contribution in [0.1, 0.15) is 17.7 Å². The largest absolute Gasteiger partial charge is 0.309 e. The van der Waals surface area contributed by atoms with E-state index in [2.05, 4.69) is 167 Å². The summed E-state index contributed by atoms with van der Waals surface area (Å²) in [5.41, 5.74) is 13.7. The van der Waals surface area contributed by atoms with Gasteiger partial charge in [-0.2, -0.15) is 0 Å². The maximum absolute atomic E-state index is 2.48. The van der Waals surface area contributed by atoms with Crippen molar-refractivity contribution < 1.29 is 0 Å². The molecule has 0 unspecified atom stereocenters. The van der Waals surface area contributed by atoms with Crippen LogP contribution >= 0.6 is 0 Å². The Hall–Kier alpha value is -5.60. The second-order valence-electron chi connectivity index (χ2n) is 11.7. The number of rotatable bonds is 4. The number of aryl methyl sites for hydroxylation is 1. The molecule has 0 atom stereocenters. The zero-order valence-electron chi connectivity index (χ0n) is 24.3. The van der Waals surface area contributed by atoms with Crippen LogP contribution in [-0.2, 0) is 6.42 Å². The zero-order chi connectivity index (χ0) is 29.0. The Bertz CT molecular complexity index is 2370. The van der Waals surface area contributed by atoms with Gasteiger partial charge in [0.15, 0.2) is 0 Å². The molecule has 2 aromatic heterocycles. The molecule has 0 saturated carbocycles. The highest BCUT2D eigenvalue weighted by Gasteiger charge is 2.22. The molecule has 44 heavy (non-hydrogen) atoms. The molecule has 208 valence electrons. The van der Waals surface area contributed by atoms with Crippen LogP contribution in [0.25, 0.3) is 72.4 Å². The lowest BCUT2D eigenvalue weighted by Gasteiger charge is -2.14. The van der Waals surface area contributed by atoms with Crippen LogP contribution in [0.5, 0.6) is 0 Å². The molecule has 6 aromatic carbocycles. The highest BCUT2D eigenvalue weighted by atomic mass is 15.0. The predicted molar refractivity (Wildman–Crippen MR) is 186 cm³/mol. The Kier molecular flexibility index (Phi) is 5.67. The number of allylic oxidation sites excluding steroid dienone is 1. The van der Waals surface area contributed by atoms with Crippen LogP contribution in [0.2, 0.25) is 0 Å². The number of nitrogens with zero attached hydrogens (tertiary/aromatic N) is 2. The summed E-state index contributed by atoms with van der Waals surface area (Å²) in [6.07, 6.45) is 6.77. The van der Waals surface area contributed by atoms with E-state index in [9.17, 15) is 0 Å². The van der Waals surface area contributed by atoms with Crippen molar-refractivity contribution in [2.24, 2.45) is 0 Å². The van der Waals surface area contributed by atoms with E-state index >= 15 is 0 Å². The molecule has 0 amide bonds. The highest BCUT2D eigenvalue weighted by molar-refractivity contribution is 6.14. The van der Waals surface area contributed by atoms with E-state index in [-0.39, 0.29) is 0 Å². The van der Waals surface area contributed by atoms with Crippen molar-refractivity contribution in [1.82, 2.24) is 9.13 Å². The summed E-state index contributed by atoms with van der Waals surface area (Å²) < 4.78 is 4.93. The highest BCUT2D eigenvalue weighted by Crippen LogP contribution is 2.41. The third-order valence-corrected chi connectivity index (χ3v) is 9.17. The molecule has 9 rings (SSSR count). The summed E-state index contributed by atoms with van der Waals surface area (Å²) in [5.74, 6) is 0. The fraction of sp³-hybridized carbons (Fsp3) is 0.0476. The van der Waals surface area contributed by atoms with Crippen molar-refractivity contribution in [2.75, 3.05) is 0 Å². The maximum atomic E-state index is 2.48. The zero-order valence-corrected chi connectivity index (χ0v) is 24.3. The van der Waals surface area contributed by atoms with Crippen LogP contribution < -0.4 is 0 Å². The summed E-state index contributed by atoms with van der Waals surface area (Å²) in [7, 11) is 0. The molecule has 1 aliphatic rings. The molecule has 0 spiro atoms. The van der Waals surface area contributed by atoms with Crippen molar-refractivity contribution in [1.29, 1.82) is 0 Å². The minimum absolute atomic E-state index is 1.05. The quantitative estimate of drug-likeness (QED) is 0.202. The molecule has 0 bridgehead atoms. The van der Waals surface area contributed by atoms with E-state index in [1.165, 1.54) is 77.6 Å². The van der Waals surface area contributed by atoms with Crippen LogP contribution in [0.15, 0.2) is 152 Å². The van der Waals surface area contributed by atoms with Crippen LogP contribution in [0.3, 0.4) is 0 Å².